The number of aromatic nitrogens is 1. The number of rotatable bonds is 6. The van der Waals surface area contributed by atoms with Gasteiger partial charge in [0.25, 0.3) is 5.91 Å². The second kappa shape index (κ2) is 9.85. The van der Waals surface area contributed by atoms with Crippen LogP contribution in [0.15, 0.2) is 46.3 Å². The normalized spacial score (nSPS) is 16.5. The number of hydrogen-bond donors (Lipinski definition) is 1. The molecule has 0 saturated carbocycles. The summed E-state index contributed by atoms with van der Waals surface area (Å²) in [5.41, 5.74) is 5.95. The molecule has 2 aromatic carbocycles. The standard InChI is InChI=1S/C24H27ClN4O4S2/c1-27-24-28(2)21(22(26)31)23(34-24)29(11-4-3-5-12-29)20(30)10-13-35(32,33)19-9-7-16-14-18(25)8-6-17(16)15-19/h6-9,14-15H,3-5,10-13H2,1-2H3,(H-,26,31)/p+1. The van der Waals surface area contributed by atoms with E-state index in [1.807, 2.05) is 0 Å². The average Bonchev–Trinajstić information content (AvgIpc) is 3.19. The van der Waals surface area contributed by atoms with Gasteiger partial charge in [-0.2, -0.15) is 0 Å². The highest BCUT2D eigenvalue weighted by atomic mass is 35.5. The van der Waals surface area contributed by atoms with Crippen molar-refractivity contribution in [3.63, 3.8) is 0 Å². The van der Waals surface area contributed by atoms with Crippen LogP contribution in [0, 0.1) is 0 Å². The molecule has 3 aromatic rings. The van der Waals surface area contributed by atoms with Gasteiger partial charge in [0.1, 0.15) is 0 Å². The summed E-state index contributed by atoms with van der Waals surface area (Å²) < 4.78 is 27.9. The highest BCUT2D eigenvalue weighted by molar-refractivity contribution is 7.91. The molecule has 0 bridgehead atoms. The second-order valence-corrected chi connectivity index (χ2v) is 12.3. The number of likely N-dealkylation sites (tertiary alicyclic amines) is 1. The minimum absolute atomic E-state index is 0.0714. The van der Waals surface area contributed by atoms with Crippen LogP contribution in [0.3, 0.4) is 0 Å². The molecule has 186 valence electrons. The molecule has 1 aliphatic heterocycles. The molecule has 2 heterocycles. The van der Waals surface area contributed by atoms with Crippen molar-refractivity contribution < 1.29 is 18.0 Å². The van der Waals surface area contributed by atoms with E-state index in [1.165, 1.54) is 11.3 Å². The first-order chi connectivity index (χ1) is 16.6. The Morgan fingerprint density at radius 3 is 2.43 bits per heavy atom. The molecule has 1 fully saturated rings. The molecule has 11 heteroatoms. The van der Waals surface area contributed by atoms with Gasteiger partial charge in [-0.25, -0.2) is 17.7 Å². The lowest BCUT2D eigenvalue weighted by atomic mass is 10.1. The fraction of sp³-hybridized carbons (Fsp3) is 0.375. The summed E-state index contributed by atoms with van der Waals surface area (Å²) in [7, 11) is -0.397. The van der Waals surface area contributed by atoms with Crippen LogP contribution in [0.1, 0.15) is 36.2 Å². The number of carbonyl (C=O) groups excluding carboxylic acids is 2. The van der Waals surface area contributed by atoms with Gasteiger partial charge in [0, 0.05) is 19.1 Å². The summed E-state index contributed by atoms with van der Waals surface area (Å²) in [6.45, 7) is 0.999. The van der Waals surface area contributed by atoms with Crippen molar-refractivity contribution in [2.75, 3.05) is 25.9 Å². The molecule has 4 rings (SSSR count). The van der Waals surface area contributed by atoms with Gasteiger partial charge >= 0.3 is 5.91 Å². The third kappa shape index (κ3) is 4.80. The molecule has 0 spiro atoms. The monoisotopic (exact) mass is 535 g/mol. The SMILES string of the molecule is CN=c1sc([N+]2(C(=O)CCS(=O)(=O)c3ccc4cc(Cl)ccc4c3)CCCCC2)c(C(N)=O)n1C. The van der Waals surface area contributed by atoms with Crippen LogP contribution in [0.4, 0.5) is 5.00 Å². The lowest BCUT2D eigenvalue weighted by Gasteiger charge is -2.37. The predicted octanol–water partition coefficient (Wildman–Crippen LogP) is 3.40. The number of sulfone groups is 1. The Balaban J connectivity index is 1.67. The van der Waals surface area contributed by atoms with Gasteiger partial charge in [-0.15, -0.1) is 0 Å². The quantitative estimate of drug-likeness (QED) is 0.487. The van der Waals surface area contributed by atoms with Crippen molar-refractivity contribution in [2.45, 2.75) is 30.6 Å². The van der Waals surface area contributed by atoms with Crippen LogP contribution < -0.4 is 15.0 Å². The van der Waals surface area contributed by atoms with Crippen molar-refractivity contribution in [1.29, 1.82) is 0 Å². The zero-order valence-corrected chi connectivity index (χ0v) is 22.0. The Hall–Kier alpha value is -2.53. The van der Waals surface area contributed by atoms with Crippen LogP contribution in [-0.2, 0) is 21.7 Å². The lowest BCUT2D eigenvalue weighted by molar-refractivity contribution is -0.130. The van der Waals surface area contributed by atoms with Crippen molar-refractivity contribution in [3.8, 4) is 0 Å². The minimum Gasteiger partial charge on any atom is -0.364 e. The molecular formula is C24H28ClN4O4S2+. The zero-order chi connectivity index (χ0) is 25.4. The van der Waals surface area contributed by atoms with Crippen LogP contribution >= 0.6 is 22.9 Å². The van der Waals surface area contributed by atoms with E-state index < -0.39 is 15.7 Å². The summed E-state index contributed by atoms with van der Waals surface area (Å²) in [5.74, 6) is -1.18. The van der Waals surface area contributed by atoms with Gasteiger partial charge in [-0.1, -0.05) is 23.7 Å². The van der Waals surface area contributed by atoms with Gasteiger partial charge in [-0.05, 0) is 65.6 Å². The number of nitrogens with zero attached hydrogens (tertiary/aromatic N) is 3. The third-order valence-corrected chi connectivity index (χ3v) is 9.92. The highest BCUT2D eigenvalue weighted by Crippen LogP contribution is 2.36. The topological polar surface area (TPSA) is 112 Å². The Morgan fingerprint density at radius 1 is 1.11 bits per heavy atom. The average molecular weight is 536 g/mol. The molecule has 8 nitrogen and oxygen atoms in total. The fourth-order valence-electron chi connectivity index (χ4n) is 4.76. The van der Waals surface area contributed by atoms with Gasteiger partial charge in [0.05, 0.1) is 30.2 Å². The summed E-state index contributed by atoms with van der Waals surface area (Å²) >= 11 is 7.30. The molecule has 0 radical (unpaired) electrons. The first-order valence-corrected chi connectivity index (χ1v) is 14.2. The molecule has 0 unspecified atom stereocenters. The van der Waals surface area contributed by atoms with E-state index in [0.717, 1.165) is 30.0 Å². The third-order valence-electron chi connectivity index (χ3n) is 6.60. The molecule has 2 amide bonds. The number of thiazole rings is 1. The molecule has 0 atom stereocenters. The van der Waals surface area contributed by atoms with Crippen molar-refractivity contribution in [1.82, 2.24) is 9.05 Å². The van der Waals surface area contributed by atoms with Crippen LogP contribution in [0.5, 0.6) is 0 Å². The van der Waals surface area contributed by atoms with E-state index >= 15 is 0 Å². The number of benzene rings is 2. The molecular weight excluding hydrogens is 508 g/mol. The number of halogens is 1. The summed E-state index contributed by atoms with van der Waals surface area (Å²) in [6, 6.07) is 10.1. The largest absolute Gasteiger partial charge is 0.364 e. The van der Waals surface area contributed by atoms with Crippen molar-refractivity contribution in [3.05, 3.63) is 51.9 Å². The highest BCUT2D eigenvalue weighted by Gasteiger charge is 2.45. The van der Waals surface area contributed by atoms with E-state index in [9.17, 15) is 18.0 Å². The molecule has 1 saturated heterocycles. The first kappa shape index (κ1) is 25.6. The number of amides is 2. The molecule has 35 heavy (non-hydrogen) atoms. The number of hydrogen-bond acceptors (Lipinski definition) is 6. The van der Waals surface area contributed by atoms with E-state index in [2.05, 4.69) is 4.99 Å². The van der Waals surface area contributed by atoms with E-state index in [0.29, 0.717) is 27.9 Å². The maximum Gasteiger partial charge on any atom is 0.320 e. The number of nitrogens with two attached hydrogens (primary N) is 1. The molecule has 2 N–H and O–H groups in total. The van der Waals surface area contributed by atoms with Crippen LogP contribution in [-0.4, -0.2) is 50.7 Å². The molecule has 1 aromatic heterocycles. The van der Waals surface area contributed by atoms with Gasteiger partial charge in [0.2, 0.25) is 5.00 Å². The molecule has 1 aliphatic rings. The van der Waals surface area contributed by atoms with Crippen LogP contribution in [0.2, 0.25) is 5.02 Å². The second-order valence-electron chi connectivity index (χ2n) is 8.78. The number of piperidine rings is 1. The smallest absolute Gasteiger partial charge is 0.320 e. The van der Waals surface area contributed by atoms with Crippen molar-refractivity contribution >= 4 is 60.4 Å². The Labute approximate surface area is 213 Å². The molecule has 0 aliphatic carbocycles. The first-order valence-electron chi connectivity index (χ1n) is 11.3. The van der Waals surface area contributed by atoms with Crippen molar-refractivity contribution in [2.24, 2.45) is 17.8 Å². The number of quaternary nitrogens is 1. The van der Waals surface area contributed by atoms with Crippen LogP contribution in [0.25, 0.3) is 10.8 Å². The summed E-state index contributed by atoms with van der Waals surface area (Å²) in [5, 5.41) is 2.72. The summed E-state index contributed by atoms with van der Waals surface area (Å²) in [6.07, 6.45) is 2.40. The van der Waals surface area contributed by atoms with E-state index in [4.69, 9.17) is 17.3 Å². The van der Waals surface area contributed by atoms with Gasteiger partial charge in [0.15, 0.2) is 20.3 Å². The van der Waals surface area contributed by atoms with Gasteiger partial charge < -0.3 is 10.3 Å². The minimum atomic E-state index is -3.71. The lowest BCUT2D eigenvalue weighted by Crippen LogP contribution is -2.57. The fourth-order valence-corrected chi connectivity index (χ4v) is 7.49. The Kier molecular flexibility index (Phi) is 7.19. The number of carbonyl (C=O) groups is 2. The Morgan fingerprint density at radius 2 is 1.77 bits per heavy atom. The summed E-state index contributed by atoms with van der Waals surface area (Å²) in [4.78, 5) is 31.1. The maximum absolute atomic E-state index is 13.7. The van der Waals surface area contributed by atoms with Gasteiger partial charge in [-0.3, -0.25) is 9.79 Å². The number of primary amides is 1. The predicted molar refractivity (Wildman–Crippen MR) is 139 cm³/mol. The van der Waals surface area contributed by atoms with E-state index in [1.54, 1.807) is 55.1 Å². The maximum atomic E-state index is 13.7. The van der Waals surface area contributed by atoms with E-state index in [-0.39, 0.29) is 33.2 Å². The zero-order valence-electron chi connectivity index (χ0n) is 19.7. The Bertz CT molecular complexity index is 1480. The number of fused-ring (bicyclic) bond motifs is 1.